The molecule has 0 aliphatic carbocycles. The maximum Gasteiger partial charge on any atom is 0.337 e. The monoisotopic (exact) mass is 503 g/mol. The number of carbonyl (C=O) groups is 2. The molecule has 0 aromatic heterocycles. The van der Waals surface area contributed by atoms with Crippen LogP contribution in [0, 0.1) is 0 Å². The van der Waals surface area contributed by atoms with Gasteiger partial charge in [0.05, 0.1) is 16.8 Å². The van der Waals surface area contributed by atoms with Crippen molar-refractivity contribution in [3.63, 3.8) is 0 Å². The lowest BCUT2D eigenvalue weighted by molar-refractivity contribution is 0.0698. The number of carboxylic acids is 1. The summed E-state index contributed by atoms with van der Waals surface area (Å²) >= 11 is 0. The quantitative estimate of drug-likeness (QED) is 0.377. The van der Waals surface area contributed by atoms with E-state index in [0.29, 0.717) is 12.4 Å². The van der Waals surface area contributed by atoms with E-state index in [4.69, 9.17) is 4.74 Å². The van der Waals surface area contributed by atoms with Gasteiger partial charge in [-0.3, -0.25) is 9.69 Å². The molecule has 1 heterocycles. The summed E-state index contributed by atoms with van der Waals surface area (Å²) in [4.78, 5) is 29.7. The Hall–Kier alpha value is -3.88. The molecule has 0 bridgehead atoms. The average Bonchev–Trinajstić information content (AvgIpc) is 2.91. The first-order valence-electron chi connectivity index (χ1n) is 12.6. The fourth-order valence-corrected chi connectivity index (χ4v) is 4.47. The Morgan fingerprint density at radius 3 is 2.24 bits per heavy atom. The highest BCUT2D eigenvalue weighted by Gasteiger charge is 2.19. The molecule has 0 saturated carbocycles. The van der Waals surface area contributed by atoms with Gasteiger partial charge < -0.3 is 25.2 Å². The second-order valence-corrected chi connectivity index (χ2v) is 9.10. The number of ether oxygens (including phenoxy) is 1. The largest absolute Gasteiger partial charge is 0.507 e. The van der Waals surface area contributed by atoms with Crippen LogP contribution in [0.25, 0.3) is 11.1 Å². The molecule has 0 unspecified atom stereocenters. The predicted molar refractivity (Wildman–Crippen MR) is 144 cm³/mol. The lowest BCUT2D eigenvalue weighted by atomic mass is 10.0. The Morgan fingerprint density at radius 1 is 0.865 bits per heavy atom. The molecule has 1 amide bonds. The highest BCUT2D eigenvalue weighted by Crippen LogP contribution is 2.28. The molecule has 1 aliphatic heterocycles. The highest BCUT2D eigenvalue weighted by molar-refractivity contribution is 6.09. The Kier molecular flexibility index (Phi) is 8.77. The summed E-state index contributed by atoms with van der Waals surface area (Å²) in [6, 6.07) is 18.7. The Morgan fingerprint density at radius 2 is 1.57 bits per heavy atom. The molecule has 3 aromatic rings. The van der Waals surface area contributed by atoms with Crippen LogP contribution in [0.4, 0.5) is 5.69 Å². The van der Waals surface area contributed by atoms with Gasteiger partial charge in [0.2, 0.25) is 0 Å². The first kappa shape index (κ1) is 26.2. The Bertz CT molecular complexity index is 1220. The molecule has 3 N–H and O–H groups in total. The molecule has 0 atom stereocenters. The fourth-order valence-electron chi connectivity index (χ4n) is 4.47. The van der Waals surface area contributed by atoms with Crippen molar-refractivity contribution in [3.8, 4) is 22.6 Å². The third-order valence-electron chi connectivity index (χ3n) is 6.50. The van der Waals surface area contributed by atoms with Gasteiger partial charge >= 0.3 is 5.97 Å². The van der Waals surface area contributed by atoms with Crippen LogP contribution in [0.1, 0.15) is 34.1 Å². The van der Waals surface area contributed by atoms with Crippen molar-refractivity contribution < 1.29 is 24.5 Å². The molecule has 1 fully saturated rings. The second-order valence-electron chi connectivity index (χ2n) is 9.10. The minimum atomic E-state index is -1.16. The number of hydrogen-bond donors (Lipinski definition) is 3. The topological polar surface area (TPSA) is 102 Å². The summed E-state index contributed by atoms with van der Waals surface area (Å²) < 4.78 is 5.88. The van der Waals surface area contributed by atoms with E-state index in [1.807, 2.05) is 30.3 Å². The molecule has 3 aromatic carbocycles. The van der Waals surface area contributed by atoms with E-state index >= 15 is 0 Å². The number of hydrogen-bond acceptors (Lipinski definition) is 6. The van der Waals surface area contributed by atoms with Crippen molar-refractivity contribution >= 4 is 17.6 Å². The van der Waals surface area contributed by atoms with E-state index in [-0.39, 0.29) is 22.6 Å². The third-order valence-corrected chi connectivity index (χ3v) is 6.50. The Labute approximate surface area is 217 Å². The number of piperazine rings is 1. The first-order chi connectivity index (χ1) is 17.9. The molecule has 1 saturated heterocycles. The number of nitrogens with zero attached hydrogens (tertiary/aromatic N) is 2. The number of aromatic carboxylic acids is 1. The van der Waals surface area contributed by atoms with Gasteiger partial charge in [-0.05, 0) is 54.4 Å². The maximum atomic E-state index is 13.1. The molecule has 1 aliphatic rings. The molecule has 4 rings (SSSR count). The van der Waals surface area contributed by atoms with Crippen LogP contribution in [-0.4, -0.2) is 77.8 Å². The molecular weight excluding hydrogens is 470 g/mol. The van der Waals surface area contributed by atoms with E-state index in [1.165, 1.54) is 18.2 Å². The van der Waals surface area contributed by atoms with Crippen molar-refractivity contribution in [2.24, 2.45) is 0 Å². The number of benzene rings is 3. The van der Waals surface area contributed by atoms with Gasteiger partial charge in [0.15, 0.2) is 0 Å². The molecule has 194 valence electrons. The van der Waals surface area contributed by atoms with Crippen LogP contribution in [0.2, 0.25) is 0 Å². The summed E-state index contributed by atoms with van der Waals surface area (Å²) in [6.45, 7) is 8.68. The van der Waals surface area contributed by atoms with E-state index in [9.17, 15) is 19.8 Å². The van der Waals surface area contributed by atoms with Gasteiger partial charge in [-0.2, -0.15) is 0 Å². The third kappa shape index (κ3) is 6.87. The smallest absolute Gasteiger partial charge is 0.337 e. The van der Waals surface area contributed by atoms with E-state index in [2.05, 4.69) is 22.0 Å². The number of phenolic OH excluding ortho intramolecular Hbond substituents is 1. The minimum Gasteiger partial charge on any atom is -0.507 e. The van der Waals surface area contributed by atoms with Crippen molar-refractivity contribution in [3.05, 3.63) is 77.9 Å². The normalized spacial score (nSPS) is 14.3. The molecule has 8 nitrogen and oxygen atoms in total. The SMILES string of the molecule is CCCN1CCN(CCOc2ccc(O)c(C(=O)Nc3cc(-c4ccccc4)ccc3C(=O)O)c2)CC1. The summed E-state index contributed by atoms with van der Waals surface area (Å²) in [5.41, 5.74) is 1.76. The molecule has 0 radical (unpaired) electrons. The summed E-state index contributed by atoms with van der Waals surface area (Å²) in [6.07, 6.45) is 1.16. The van der Waals surface area contributed by atoms with Crippen molar-refractivity contribution in [1.29, 1.82) is 0 Å². The number of amides is 1. The van der Waals surface area contributed by atoms with Gasteiger partial charge in [0.1, 0.15) is 18.1 Å². The number of carbonyl (C=O) groups excluding carboxylic acids is 1. The lowest BCUT2D eigenvalue weighted by Gasteiger charge is -2.34. The van der Waals surface area contributed by atoms with Crippen LogP contribution >= 0.6 is 0 Å². The molecule has 8 heteroatoms. The van der Waals surface area contributed by atoms with Crippen LogP contribution in [0.3, 0.4) is 0 Å². The second kappa shape index (κ2) is 12.4. The lowest BCUT2D eigenvalue weighted by Crippen LogP contribution is -2.47. The van der Waals surface area contributed by atoms with E-state index in [0.717, 1.165) is 56.8 Å². The predicted octanol–water partition coefficient (Wildman–Crippen LogP) is 4.42. The van der Waals surface area contributed by atoms with E-state index in [1.54, 1.807) is 18.2 Å². The average molecular weight is 504 g/mol. The zero-order chi connectivity index (χ0) is 26.2. The first-order valence-corrected chi connectivity index (χ1v) is 12.6. The number of anilines is 1. The zero-order valence-corrected chi connectivity index (χ0v) is 21.0. The number of nitrogens with one attached hydrogen (secondary N) is 1. The minimum absolute atomic E-state index is 0.00660. The number of rotatable bonds is 10. The molecule has 37 heavy (non-hydrogen) atoms. The summed E-state index contributed by atoms with van der Waals surface area (Å²) in [7, 11) is 0. The number of phenols is 1. The van der Waals surface area contributed by atoms with Crippen LogP contribution in [-0.2, 0) is 0 Å². The van der Waals surface area contributed by atoms with E-state index < -0.39 is 11.9 Å². The maximum absolute atomic E-state index is 13.1. The standard InChI is InChI=1S/C29H33N3O5/c1-2-12-31-13-15-32(16-14-31)17-18-37-23-9-11-27(33)25(20-23)28(34)30-26-19-22(8-10-24(26)29(35)36)21-6-4-3-5-7-21/h3-11,19-20,33H,2,12-18H2,1H3,(H,30,34)(H,35,36). The van der Waals surface area contributed by atoms with Gasteiger partial charge in [0, 0.05) is 32.7 Å². The molecular formula is C29H33N3O5. The van der Waals surface area contributed by atoms with Gasteiger partial charge in [-0.25, -0.2) is 4.79 Å². The summed E-state index contributed by atoms with van der Waals surface area (Å²) in [5, 5.41) is 22.6. The van der Waals surface area contributed by atoms with Gasteiger partial charge in [0.25, 0.3) is 5.91 Å². The summed E-state index contributed by atoms with van der Waals surface area (Å²) in [5.74, 6) is -1.54. The highest BCUT2D eigenvalue weighted by atomic mass is 16.5. The zero-order valence-electron chi connectivity index (χ0n) is 21.0. The van der Waals surface area contributed by atoms with Crippen LogP contribution in [0.15, 0.2) is 66.7 Å². The van der Waals surface area contributed by atoms with Crippen LogP contribution in [0.5, 0.6) is 11.5 Å². The fraction of sp³-hybridized carbons (Fsp3) is 0.310. The molecule has 0 spiro atoms. The number of carboxylic acid groups (broad SMARTS) is 1. The van der Waals surface area contributed by atoms with Crippen LogP contribution < -0.4 is 10.1 Å². The van der Waals surface area contributed by atoms with Crippen molar-refractivity contribution in [2.45, 2.75) is 13.3 Å². The number of aromatic hydroxyl groups is 1. The van der Waals surface area contributed by atoms with Gasteiger partial charge in [-0.15, -0.1) is 0 Å². The van der Waals surface area contributed by atoms with Crippen molar-refractivity contribution in [1.82, 2.24) is 9.80 Å². The van der Waals surface area contributed by atoms with Crippen molar-refractivity contribution in [2.75, 3.05) is 51.2 Å². The van der Waals surface area contributed by atoms with Gasteiger partial charge in [-0.1, -0.05) is 43.3 Å². The Balaban J connectivity index is 1.42.